The highest BCUT2D eigenvalue weighted by Gasteiger charge is 2.20. The van der Waals surface area contributed by atoms with E-state index in [1.807, 2.05) is 0 Å². The molecule has 1 aliphatic rings. The van der Waals surface area contributed by atoms with Crippen molar-refractivity contribution in [1.82, 2.24) is 20.0 Å². The van der Waals surface area contributed by atoms with E-state index in [-0.39, 0.29) is 5.82 Å². The van der Waals surface area contributed by atoms with Crippen molar-refractivity contribution in [2.75, 3.05) is 26.2 Å². The van der Waals surface area contributed by atoms with Crippen LogP contribution >= 0.6 is 11.6 Å². The van der Waals surface area contributed by atoms with E-state index in [4.69, 9.17) is 16.0 Å². The van der Waals surface area contributed by atoms with Crippen LogP contribution in [0.2, 0.25) is 5.02 Å². The van der Waals surface area contributed by atoms with Crippen LogP contribution in [0.1, 0.15) is 17.3 Å². The Morgan fingerprint density at radius 3 is 2.41 bits per heavy atom. The largest absolute Gasteiger partial charge is 0.424 e. The van der Waals surface area contributed by atoms with Gasteiger partial charge in [-0.15, -0.1) is 10.2 Å². The summed E-state index contributed by atoms with van der Waals surface area (Å²) in [6.07, 6.45) is 0. The lowest BCUT2D eigenvalue weighted by Gasteiger charge is -2.34. The number of rotatable bonds is 4. The molecule has 0 radical (unpaired) electrons. The number of hydrogen-bond donors (Lipinski definition) is 0. The molecule has 1 aromatic heterocycles. The van der Waals surface area contributed by atoms with Gasteiger partial charge in [-0.3, -0.25) is 9.80 Å². The maximum atomic E-state index is 13.8. The van der Waals surface area contributed by atoms with Crippen LogP contribution in [0.3, 0.4) is 0 Å². The molecule has 22 heavy (non-hydrogen) atoms. The molecule has 0 saturated carbocycles. The molecular formula is C15H18ClFN4O. The zero-order chi connectivity index (χ0) is 15.5. The van der Waals surface area contributed by atoms with Gasteiger partial charge in [0, 0.05) is 50.2 Å². The molecule has 7 heteroatoms. The molecule has 0 spiro atoms. The van der Waals surface area contributed by atoms with Gasteiger partial charge in [0.1, 0.15) is 5.82 Å². The van der Waals surface area contributed by atoms with E-state index in [1.165, 1.54) is 6.07 Å². The van der Waals surface area contributed by atoms with Gasteiger partial charge in [-0.2, -0.15) is 0 Å². The Morgan fingerprint density at radius 1 is 1.14 bits per heavy atom. The Hall–Kier alpha value is -1.50. The Balaban J connectivity index is 1.53. The molecule has 1 aromatic carbocycles. The Bertz CT molecular complexity index is 620. The summed E-state index contributed by atoms with van der Waals surface area (Å²) in [5.74, 6) is 0.988. The molecule has 118 valence electrons. The monoisotopic (exact) mass is 324 g/mol. The highest BCUT2D eigenvalue weighted by molar-refractivity contribution is 6.31. The SMILES string of the molecule is Cc1nnc(CN2CCN(Cc3c(F)cccc3Cl)CC2)o1. The number of nitrogens with zero attached hydrogens (tertiary/aromatic N) is 4. The zero-order valence-electron chi connectivity index (χ0n) is 12.4. The minimum Gasteiger partial charge on any atom is -0.424 e. The third-order valence-electron chi connectivity index (χ3n) is 3.84. The van der Waals surface area contributed by atoms with Gasteiger partial charge in [0.15, 0.2) is 0 Å². The van der Waals surface area contributed by atoms with Crippen LogP contribution in [-0.4, -0.2) is 46.2 Å². The fraction of sp³-hybridized carbons (Fsp3) is 0.467. The van der Waals surface area contributed by atoms with Gasteiger partial charge in [-0.05, 0) is 12.1 Å². The lowest BCUT2D eigenvalue weighted by atomic mass is 10.2. The van der Waals surface area contributed by atoms with E-state index < -0.39 is 0 Å². The van der Waals surface area contributed by atoms with E-state index in [1.54, 1.807) is 19.1 Å². The number of aryl methyl sites for hydroxylation is 1. The smallest absolute Gasteiger partial charge is 0.230 e. The summed E-state index contributed by atoms with van der Waals surface area (Å²) in [7, 11) is 0. The second-order valence-corrected chi connectivity index (χ2v) is 5.87. The first kappa shape index (κ1) is 15.4. The fourth-order valence-corrected chi connectivity index (χ4v) is 2.83. The topological polar surface area (TPSA) is 45.4 Å². The van der Waals surface area contributed by atoms with Gasteiger partial charge in [0.05, 0.1) is 6.54 Å². The summed E-state index contributed by atoms with van der Waals surface area (Å²) < 4.78 is 19.2. The van der Waals surface area contributed by atoms with Gasteiger partial charge in [-0.1, -0.05) is 17.7 Å². The Morgan fingerprint density at radius 2 is 1.82 bits per heavy atom. The highest BCUT2D eigenvalue weighted by Crippen LogP contribution is 2.21. The average molecular weight is 325 g/mol. The first-order valence-corrected chi connectivity index (χ1v) is 7.66. The summed E-state index contributed by atoms with van der Waals surface area (Å²) in [6.45, 7) is 6.47. The summed E-state index contributed by atoms with van der Waals surface area (Å²) in [5.41, 5.74) is 0.574. The quantitative estimate of drug-likeness (QED) is 0.864. The molecule has 1 saturated heterocycles. The predicted molar refractivity (Wildman–Crippen MR) is 81.0 cm³/mol. The second kappa shape index (κ2) is 6.73. The molecular weight excluding hydrogens is 307 g/mol. The van der Waals surface area contributed by atoms with Gasteiger partial charge < -0.3 is 4.42 Å². The number of aromatic nitrogens is 2. The number of benzene rings is 1. The van der Waals surface area contributed by atoms with Crippen molar-refractivity contribution in [3.05, 3.63) is 46.4 Å². The van der Waals surface area contributed by atoms with E-state index in [2.05, 4.69) is 20.0 Å². The molecule has 0 amide bonds. The summed E-state index contributed by atoms with van der Waals surface area (Å²) in [4.78, 5) is 4.46. The van der Waals surface area contributed by atoms with Gasteiger partial charge in [0.2, 0.25) is 11.8 Å². The van der Waals surface area contributed by atoms with Crippen molar-refractivity contribution < 1.29 is 8.81 Å². The van der Waals surface area contributed by atoms with Gasteiger partial charge in [-0.25, -0.2) is 4.39 Å². The van der Waals surface area contributed by atoms with Gasteiger partial charge >= 0.3 is 0 Å². The lowest BCUT2D eigenvalue weighted by Crippen LogP contribution is -2.45. The maximum Gasteiger partial charge on any atom is 0.230 e. The molecule has 2 aromatic rings. The van der Waals surface area contributed by atoms with Crippen molar-refractivity contribution >= 4 is 11.6 Å². The van der Waals surface area contributed by atoms with Crippen LogP contribution in [0.4, 0.5) is 4.39 Å². The van der Waals surface area contributed by atoms with Crippen LogP contribution < -0.4 is 0 Å². The van der Waals surface area contributed by atoms with Crippen molar-refractivity contribution in [3.63, 3.8) is 0 Å². The maximum absolute atomic E-state index is 13.8. The number of halogens is 2. The highest BCUT2D eigenvalue weighted by atomic mass is 35.5. The summed E-state index contributed by atoms with van der Waals surface area (Å²) >= 11 is 6.08. The average Bonchev–Trinajstić information content (AvgIpc) is 2.90. The molecule has 5 nitrogen and oxygen atoms in total. The lowest BCUT2D eigenvalue weighted by molar-refractivity contribution is 0.113. The third kappa shape index (κ3) is 3.63. The molecule has 1 aliphatic heterocycles. The minimum absolute atomic E-state index is 0.240. The van der Waals surface area contributed by atoms with E-state index in [0.717, 1.165) is 26.2 Å². The standard InChI is InChI=1S/C15H18ClFN4O/c1-11-18-19-15(22-11)10-21-7-5-20(6-8-21)9-12-13(16)3-2-4-14(12)17/h2-4H,5-10H2,1H3. The van der Waals surface area contributed by atoms with Crippen molar-refractivity contribution in [1.29, 1.82) is 0 Å². The molecule has 3 rings (SSSR count). The second-order valence-electron chi connectivity index (χ2n) is 5.47. The Labute approximate surface area is 133 Å². The zero-order valence-corrected chi connectivity index (χ0v) is 13.2. The molecule has 0 N–H and O–H groups in total. The van der Waals surface area contributed by atoms with Crippen LogP contribution in [0, 0.1) is 12.7 Å². The normalized spacial score (nSPS) is 17.0. The van der Waals surface area contributed by atoms with Crippen LogP contribution in [-0.2, 0) is 13.1 Å². The first-order valence-electron chi connectivity index (χ1n) is 7.28. The van der Waals surface area contributed by atoms with Crippen molar-refractivity contribution in [2.45, 2.75) is 20.0 Å². The molecule has 0 bridgehead atoms. The summed E-state index contributed by atoms with van der Waals surface area (Å²) in [6, 6.07) is 4.81. The minimum atomic E-state index is -0.240. The molecule has 2 heterocycles. The van der Waals surface area contributed by atoms with Crippen molar-refractivity contribution in [2.24, 2.45) is 0 Å². The molecule has 1 fully saturated rings. The van der Waals surface area contributed by atoms with Crippen LogP contribution in [0.5, 0.6) is 0 Å². The van der Waals surface area contributed by atoms with E-state index in [9.17, 15) is 4.39 Å². The Kier molecular flexibility index (Phi) is 4.71. The molecule has 0 atom stereocenters. The van der Waals surface area contributed by atoms with E-state index >= 15 is 0 Å². The number of hydrogen-bond acceptors (Lipinski definition) is 5. The third-order valence-corrected chi connectivity index (χ3v) is 4.19. The van der Waals surface area contributed by atoms with E-state index in [0.29, 0.717) is 35.5 Å². The molecule has 0 unspecified atom stereocenters. The first-order chi connectivity index (χ1) is 10.6. The summed E-state index contributed by atoms with van der Waals surface area (Å²) in [5, 5.41) is 8.33. The fourth-order valence-electron chi connectivity index (χ4n) is 2.61. The molecule has 0 aliphatic carbocycles. The van der Waals surface area contributed by atoms with Crippen molar-refractivity contribution in [3.8, 4) is 0 Å². The number of piperazine rings is 1. The van der Waals surface area contributed by atoms with Gasteiger partial charge in [0.25, 0.3) is 0 Å². The predicted octanol–water partition coefficient (Wildman–Crippen LogP) is 2.49. The van der Waals surface area contributed by atoms with Crippen LogP contribution in [0.25, 0.3) is 0 Å². The van der Waals surface area contributed by atoms with Crippen LogP contribution in [0.15, 0.2) is 22.6 Å².